The highest BCUT2D eigenvalue weighted by atomic mass is 32.1. The van der Waals surface area contributed by atoms with Crippen molar-refractivity contribution in [2.45, 2.75) is 44.6 Å². The summed E-state index contributed by atoms with van der Waals surface area (Å²) in [6.07, 6.45) is 2.31. The number of likely N-dealkylation sites (tertiary alicyclic amines) is 1. The normalized spacial score (nSPS) is 17.9. The van der Waals surface area contributed by atoms with Gasteiger partial charge in [-0.05, 0) is 62.2 Å². The molecule has 0 spiro atoms. The van der Waals surface area contributed by atoms with Crippen LogP contribution in [0, 0.1) is 0 Å². The fourth-order valence-electron chi connectivity index (χ4n) is 4.29. The van der Waals surface area contributed by atoms with Crippen molar-refractivity contribution < 1.29 is 22.7 Å². The lowest BCUT2D eigenvalue weighted by Crippen LogP contribution is -2.29. The second-order valence-electron chi connectivity index (χ2n) is 8.86. The van der Waals surface area contributed by atoms with Gasteiger partial charge in [-0.25, -0.2) is 0 Å². The van der Waals surface area contributed by atoms with E-state index >= 15 is 0 Å². The molecule has 10 nitrogen and oxygen atoms in total. The number of amides is 1. The zero-order valence-electron chi connectivity index (χ0n) is 20.6. The largest absolute Gasteiger partial charge is 0.573 e. The number of benzene rings is 1. The molecule has 2 aromatic heterocycles. The van der Waals surface area contributed by atoms with Crippen molar-refractivity contribution in [2.24, 2.45) is 0 Å². The van der Waals surface area contributed by atoms with Gasteiger partial charge < -0.3 is 20.3 Å². The number of rotatable bonds is 8. The van der Waals surface area contributed by atoms with E-state index in [1.165, 1.54) is 42.7 Å². The molecule has 1 aromatic carbocycles. The highest BCUT2D eigenvalue weighted by Crippen LogP contribution is 2.25. The topological polar surface area (TPSA) is 108 Å². The van der Waals surface area contributed by atoms with Gasteiger partial charge in [-0.2, -0.15) is 5.10 Å². The number of nitrogens with one attached hydrogen (secondary N) is 2. The summed E-state index contributed by atoms with van der Waals surface area (Å²) < 4.78 is 39.8. The van der Waals surface area contributed by atoms with E-state index in [-0.39, 0.29) is 11.8 Å². The summed E-state index contributed by atoms with van der Waals surface area (Å²) in [4.78, 5) is 14.8. The Bertz CT molecular complexity index is 1130. The number of ether oxygens (including phenoxy) is 1. The summed E-state index contributed by atoms with van der Waals surface area (Å²) in [6.45, 7) is 4.71. The Morgan fingerprint density at radius 1 is 1.03 bits per heavy atom. The highest BCUT2D eigenvalue weighted by Gasteiger charge is 2.31. The maximum Gasteiger partial charge on any atom is 0.573 e. The minimum absolute atomic E-state index is 0.162. The Balaban J connectivity index is 0.000000178. The number of halogens is 3. The van der Waals surface area contributed by atoms with Crippen LogP contribution >= 0.6 is 11.3 Å². The third kappa shape index (κ3) is 8.80. The molecule has 5 rings (SSSR count). The van der Waals surface area contributed by atoms with Crippen molar-refractivity contribution in [3.05, 3.63) is 48.2 Å². The molecule has 2 N–H and O–H groups in total. The van der Waals surface area contributed by atoms with Crippen LogP contribution in [0.2, 0.25) is 0 Å². The summed E-state index contributed by atoms with van der Waals surface area (Å²) in [5.41, 5.74) is 1.02. The molecule has 38 heavy (non-hydrogen) atoms. The summed E-state index contributed by atoms with van der Waals surface area (Å²) in [6, 6.07) is 10.2. The first-order valence-electron chi connectivity index (χ1n) is 12.3. The summed E-state index contributed by atoms with van der Waals surface area (Å²) >= 11 is 1.32. The van der Waals surface area contributed by atoms with Gasteiger partial charge in [-0.1, -0.05) is 29.9 Å². The second-order valence-corrected chi connectivity index (χ2v) is 9.84. The number of carbonyl (C=O) groups excluding carboxylic acids is 1. The van der Waals surface area contributed by atoms with E-state index in [4.69, 9.17) is 0 Å². The number of aromatic nitrogens is 4. The number of nitrogens with zero attached hydrogens (tertiary/aromatic N) is 6. The van der Waals surface area contributed by atoms with Crippen LogP contribution in [0.15, 0.2) is 42.6 Å². The van der Waals surface area contributed by atoms with Crippen LogP contribution in [0.3, 0.4) is 0 Å². The van der Waals surface area contributed by atoms with Gasteiger partial charge in [0.15, 0.2) is 5.82 Å². The predicted molar refractivity (Wildman–Crippen MR) is 138 cm³/mol. The smallest absolute Gasteiger partial charge is 0.406 e. The van der Waals surface area contributed by atoms with E-state index in [1.54, 1.807) is 18.3 Å². The van der Waals surface area contributed by atoms with Gasteiger partial charge in [0, 0.05) is 31.9 Å². The molecule has 0 saturated carbocycles. The molecule has 0 radical (unpaired) electrons. The Kier molecular flexibility index (Phi) is 9.65. The van der Waals surface area contributed by atoms with E-state index in [2.05, 4.69) is 45.6 Å². The minimum Gasteiger partial charge on any atom is -0.406 e. The highest BCUT2D eigenvalue weighted by molar-refractivity contribution is 7.19. The van der Waals surface area contributed by atoms with E-state index in [0.29, 0.717) is 16.7 Å². The molecule has 2 saturated heterocycles. The average Bonchev–Trinajstić information content (AvgIpc) is 3.56. The maximum atomic E-state index is 12.0. The van der Waals surface area contributed by atoms with Crippen molar-refractivity contribution in [1.29, 1.82) is 0 Å². The fraction of sp³-hybridized carbons (Fsp3) is 0.458. The molecule has 1 atom stereocenters. The van der Waals surface area contributed by atoms with Crippen LogP contribution in [0.5, 0.6) is 5.75 Å². The van der Waals surface area contributed by atoms with E-state index in [1.807, 2.05) is 12.1 Å². The summed E-state index contributed by atoms with van der Waals surface area (Å²) in [7, 11) is 0. The molecule has 2 aliphatic rings. The Labute approximate surface area is 222 Å². The van der Waals surface area contributed by atoms with Gasteiger partial charge in [-0.3, -0.25) is 9.69 Å². The standard InChI is InChI=1S/C13H16F3NO.C11H13N7OS/c14-13(15,16)18-12-6-4-11(5-7-12)10-17-8-2-1-3-9-17;19-7-12-10-16-17-11(20-10)14-8-3-5-18(6-8)9-2-1-4-13-15-9/h4-7H,1-3,8-10H2;1-2,4,7-8H,3,5-6H2,(H,14,17)(H,12,16,19). The Morgan fingerprint density at radius 3 is 2.47 bits per heavy atom. The fourth-order valence-corrected chi connectivity index (χ4v) is 4.96. The molecule has 0 bridgehead atoms. The van der Waals surface area contributed by atoms with Crippen molar-refractivity contribution in [3.63, 3.8) is 0 Å². The lowest BCUT2D eigenvalue weighted by molar-refractivity contribution is -0.274. The van der Waals surface area contributed by atoms with Crippen molar-refractivity contribution in [3.8, 4) is 5.75 Å². The van der Waals surface area contributed by atoms with Crippen molar-refractivity contribution in [1.82, 2.24) is 25.3 Å². The molecule has 14 heteroatoms. The number of anilines is 3. The predicted octanol–water partition coefficient (Wildman–Crippen LogP) is 4.16. The maximum absolute atomic E-state index is 12.0. The van der Waals surface area contributed by atoms with Crippen LogP contribution in [0.1, 0.15) is 31.2 Å². The zero-order valence-corrected chi connectivity index (χ0v) is 21.4. The molecule has 204 valence electrons. The lowest BCUT2D eigenvalue weighted by atomic mass is 10.1. The van der Waals surface area contributed by atoms with Crippen LogP contribution in [-0.4, -0.2) is 70.3 Å². The molecule has 1 amide bonds. The second kappa shape index (κ2) is 13.3. The SMILES string of the molecule is FC(F)(F)Oc1ccc(CN2CCCCC2)cc1.O=CNc1nnc(NC2CCN(c3cccnn3)C2)s1. The van der Waals surface area contributed by atoms with Crippen LogP contribution in [0.25, 0.3) is 0 Å². The number of piperidine rings is 1. The number of hydrogen-bond acceptors (Lipinski definition) is 10. The van der Waals surface area contributed by atoms with Crippen molar-refractivity contribution >= 4 is 33.8 Å². The van der Waals surface area contributed by atoms with E-state index in [9.17, 15) is 18.0 Å². The quantitative estimate of drug-likeness (QED) is 0.400. The first kappa shape index (κ1) is 27.5. The van der Waals surface area contributed by atoms with Crippen LogP contribution in [0.4, 0.5) is 29.3 Å². The zero-order chi connectivity index (χ0) is 26.8. The Morgan fingerprint density at radius 2 is 1.79 bits per heavy atom. The molecular formula is C24H29F3N8O2S. The monoisotopic (exact) mass is 550 g/mol. The third-order valence-electron chi connectivity index (χ3n) is 6.02. The van der Waals surface area contributed by atoms with Crippen molar-refractivity contribution in [2.75, 3.05) is 41.7 Å². The summed E-state index contributed by atoms with van der Waals surface area (Å²) in [5, 5.41) is 22.8. The molecular weight excluding hydrogens is 521 g/mol. The van der Waals surface area contributed by atoms with Crippen LogP contribution < -0.4 is 20.3 Å². The number of carbonyl (C=O) groups is 1. The van der Waals surface area contributed by atoms with Gasteiger partial charge in [0.2, 0.25) is 16.7 Å². The molecule has 0 aliphatic carbocycles. The third-order valence-corrected chi connectivity index (χ3v) is 6.80. The molecule has 2 fully saturated rings. The molecule has 2 aliphatic heterocycles. The lowest BCUT2D eigenvalue weighted by Gasteiger charge is -2.26. The molecule has 1 unspecified atom stereocenters. The first-order chi connectivity index (χ1) is 18.4. The average molecular weight is 551 g/mol. The van der Waals surface area contributed by atoms with Crippen LogP contribution in [-0.2, 0) is 11.3 Å². The molecule has 3 aromatic rings. The first-order valence-corrected chi connectivity index (χ1v) is 13.1. The van der Waals surface area contributed by atoms with Gasteiger partial charge in [0.25, 0.3) is 0 Å². The van der Waals surface area contributed by atoms with Gasteiger partial charge in [0.1, 0.15) is 5.75 Å². The van der Waals surface area contributed by atoms with Gasteiger partial charge in [0.05, 0.1) is 0 Å². The number of hydrogen-bond donors (Lipinski definition) is 2. The van der Waals surface area contributed by atoms with Gasteiger partial charge in [-0.15, -0.1) is 28.5 Å². The number of alkyl halides is 3. The van der Waals surface area contributed by atoms with E-state index < -0.39 is 6.36 Å². The van der Waals surface area contributed by atoms with E-state index in [0.717, 1.165) is 50.5 Å². The Hall–Kier alpha value is -3.52. The molecule has 4 heterocycles. The summed E-state index contributed by atoms with van der Waals surface area (Å²) in [5.74, 6) is 0.724. The van der Waals surface area contributed by atoms with Gasteiger partial charge >= 0.3 is 6.36 Å². The minimum atomic E-state index is -4.62.